The topological polar surface area (TPSA) is 40.5 Å². The van der Waals surface area contributed by atoms with Crippen molar-refractivity contribution in [3.63, 3.8) is 0 Å². The molecule has 4 rings (SSSR count). The monoisotopic (exact) mass is 331 g/mol. The molecular weight excluding hydrogens is 305 g/mol. The summed E-state index contributed by atoms with van der Waals surface area (Å²) in [4.78, 5) is 14.3. The Balaban J connectivity index is 1.25. The molecule has 0 unspecified atom stereocenters. The smallest absolute Gasteiger partial charge is 0.225 e. The lowest BCUT2D eigenvalue weighted by molar-refractivity contribution is -0.171. The summed E-state index contributed by atoms with van der Waals surface area (Å²) in [6.07, 6.45) is 4.60. The first kappa shape index (κ1) is 16.1. The fraction of sp³-hybridized carbons (Fsp3) is 0.650. The number of carbonyl (C=O) groups excluding carboxylic acids is 1. The maximum absolute atomic E-state index is 13.2. The standard InChI is InChI=1S/C20H26FNO2/c1-13-5-17(21)4-3-15(13)6-14-7-20(8-14)11-22(12-20)18(23)16-9-19(2,24)10-16/h3-5,14,16,24H,6-12H2,1-2H3. The van der Waals surface area contributed by atoms with Gasteiger partial charge in [-0.2, -0.15) is 0 Å². The molecule has 130 valence electrons. The van der Waals surface area contributed by atoms with E-state index < -0.39 is 5.60 Å². The van der Waals surface area contributed by atoms with Gasteiger partial charge in [-0.15, -0.1) is 0 Å². The Bertz CT molecular complexity index is 662. The van der Waals surface area contributed by atoms with E-state index in [4.69, 9.17) is 0 Å². The Labute approximate surface area is 142 Å². The Morgan fingerprint density at radius 2 is 1.96 bits per heavy atom. The zero-order valence-corrected chi connectivity index (χ0v) is 14.5. The quantitative estimate of drug-likeness (QED) is 0.925. The van der Waals surface area contributed by atoms with Crippen molar-refractivity contribution < 1.29 is 14.3 Å². The van der Waals surface area contributed by atoms with Crippen molar-refractivity contribution in [1.82, 2.24) is 4.90 Å². The van der Waals surface area contributed by atoms with Crippen LogP contribution in [0.15, 0.2) is 18.2 Å². The molecule has 24 heavy (non-hydrogen) atoms. The van der Waals surface area contributed by atoms with Crippen LogP contribution >= 0.6 is 0 Å². The molecule has 1 heterocycles. The molecule has 3 fully saturated rings. The van der Waals surface area contributed by atoms with Crippen LogP contribution in [-0.2, 0) is 11.2 Å². The van der Waals surface area contributed by atoms with Crippen LogP contribution in [0.4, 0.5) is 4.39 Å². The van der Waals surface area contributed by atoms with Crippen LogP contribution in [0.2, 0.25) is 0 Å². The summed E-state index contributed by atoms with van der Waals surface area (Å²) in [7, 11) is 0. The zero-order valence-electron chi connectivity index (χ0n) is 14.5. The molecule has 0 radical (unpaired) electrons. The van der Waals surface area contributed by atoms with Gasteiger partial charge in [0.1, 0.15) is 5.82 Å². The number of rotatable bonds is 3. The minimum Gasteiger partial charge on any atom is -0.390 e. The lowest BCUT2D eigenvalue weighted by atomic mass is 9.56. The Hall–Kier alpha value is -1.42. The van der Waals surface area contributed by atoms with Gasteiger partial charge in [-0.3, -0.25) is 4.79 Å². The SMILES string of the molecule is Cc1cc(F)ccc1CC1CC2(C1)CN(C(=O)C1CC(C)(O)C1)C2. The largest absolute Gasteiger partial charge is 0.390 e. The van der Waals surface area contributed by atoms with Crippen molar-refractivity contribution in [1.29, 1.82) is 0 Å². The number of nitrogens with zero attached hydrogens (tertiary/aromatic N) is 1. The van der Waals surface area contributed by atoms with E-state index in [1.807, 2.05) is 24.8 Å². The fourth-order valence-corrected chi connectivity index (χ4v) is 5.12. The van der Waals surface area contributed by atoms with Crippen LogP contribution in [0, 0.1) is 30.0 Å². The van der Waals surface area contributed by atoms with Gasteiger partial charge in [0.2, 0.25) is 5.91 Å². The highest BCUT2D eigenvalue weighted by Crippen LogP contribution is 2.54. The minimum atomic E-state index is -0.628. The lowest BCUT2D eigenvalue weighted by Gasteiger charge is -2.60. The molecule has 1 N–H and O–H groups in total. The number of halogens is 1. The molecule has 2 aliphatic carbocycles. The Morgan fingerprint density at radius 1 is 1.29 bits per heavy atom. The second kappa shape index (κ2) is 5.29. The lowest BCUT2D eigenvalue weighted by Crippen LogP contribution is -2.66. The van der Waals surface area contributed by atoms with Crippen LogP contribution < -0.4 is 0 Å². The van der Waals surface area contributed by atoms with E-state index >= 15 is 0 Å². The molecule has 4 heteroatoms. The zero-order chi connectivity index (χ0) is 17.1. The first-order chi connectivity index (χ1) is 11.3. The van der Waals surface area contributed by atoms with Gasteiger partial charge in [-0.25, -0.2) is 4.39 Å². The normalized spacial score (nSPS) is 31.3. The van der Waals surface area contributed by atoms with E-state index in [0.29, 0.717) is 24.2 Å². The van der Waals surface area contributed by atoms with E-state index in [0.717, 1.165) is 25.1 Å². The van der Waals surface area contributed by atoms with E-state index in [1.54, 1.807) is 12.1 Å². The Morgan fingerprint density at radius 3 is 2.54 bits per heavy atom. The summed E-state index contributed by atoms with van der Waals surface area (Å²) in [5.41, 5.74) is 2.01. The maximum Gasteiger partial charge on any atom is 0.225 e. The van der Waals surface area contributed by atoms with Crippen molar-refractivity contribution in [2.24, 2.45) is 17.3 Å². The molecule has 2 saturated carbocycles. The van der Waals surface area contributed by atoms with Gasteiger partial charge in [-0.05, 0) is 75.1 Å². The molecule has 0 aromatic heterocycles. The van der Waals surface area contributed by atoms with Crippen LogP contribution in [0.25, 0.3) is 0 Å². The highest BCUT2D eigenvalue weighted by atomic mass is 19.1. The molecule has 3 aliphatic rings. The van der Waals surface area contributed by atoms with E-state index in [-0.39, 0.29) is 17.6 Å². The first-order valence-corrected chi connectivity index (χ1v) is 9.02. The van der Waals surface area contributed by atoms with E-state index in [1.165, 1.54) is 18.4 Å². The molecule has 1 aromatic carbocycles. The highest BCUT2D eigenvalue weighted by Gasteiger charge is 2.55. The predicted molar refractivity (Wildman–Crippen MR) is 89.9 cm³/mol. The summed E-state index contributed by atoms with van der Waals surface area (Å²) >= 11 is 0. The van der Waals surface area contributed by atoms with Crippen LogP contribution in [0.1, 0.15) is 43.7 Å². The first-order valence-electron chi connectivity index (χ1n) is 9.02. The molecule has 0 bridgehead atoms. The molecular formula is C20H26FNO2. The molecule has 1 spiro atoms. The van der Waals surface area contributed by atoms with Crippen LogP contribution in [-0.4, -0.2) is 34.6 Å². The van der Waals surface area contributed by atoms with Crippen molar-refractivity contribution in [2.45, 2.75) is 51.6 Å². The average Bonchev–Trinajstić information content (AvgIpc) is 2.38. The van der Waals surface area contributed by atoms with Gasteiger partial charge in [-0.1, -0.05) is 6.07 Å². The number of hydrogen-bond donors (Lipinski definition) is 1. The number of carbonyl (C=O) groups is 1. The summed E-state index contributed by atoms with van der Waals surface area (Å²) in [6, 6.07) is 5.07. The van der Waals surface area contributed by atoms with Crippen molar-refractivity contribution in [3.05, 3.63) is 35.1 Å². The second-order valence-electron chi connectivity index (χ2n) is 8.85. The van der Waals surface area contributed by atoms with E-state index in [9.17, 15) is 14.3 Å². The minimum absolute atomic E-state index is 0.0371. The average molecular weight is 331 g/mol. The summed E-state index contributed by atoms with van der Waals surface area (Å²) in [5, 5.41) is 9.79. The third-order valence-corrected chi connectivity index (χ3v) is 6.34. The van der Waals surface area contributed by atoms with Gasteiger partial charge in [0.15, 0.2) is 0 Å². The van der Waals surface area contributed by atoms with E-state index in [2.05, 4.69) is 0 Å². The number of hydrogen-bond acceptors (Lipinski definition) is 2. The van der Waals surface area contributed by atoms with Crippen LogP contribution in [0.5, 0.6) is 0 Å². The van der Waals surface area contributed by atoms with Gasteiger partial charge < -0.3 is 10.0 Å². The van der Waals surface area contributed by atoms with Crippen molar-refractivity contribution in [2.75, 3.05) is 13.1 Å². The number of benzene rings is 1. The maximum atomic E-state index is 13.2. The molecule has 0 atom stereocenters. The molecule has 3 nitrogen and oxygen atoms in total. The third kappa shape index (κ3) is 2.75. The molecule has 1 aromatic rings. The third-order valence-electron chi connectivity index (χ3n) is 6.34. The Kier molecular flexibility index (Phi) is 3.54. The van der Waals surface area contributed by atoms with Gasteiger partial charge >= 0.3 is 0 Å². The van der Waals surface area contributed by atoms with Crippen molar-refractivity contribution >= 4 is 5.91 Å². The molecule has 1 saturated heterocycles. The van der Waals surface area contributed by atoms with Gasteiger partial charge in [0.25, 0.3) is 0 Å². The molecule has 1 aliphatic heterocycles. The second-order valence-corrected chi connectivity index (χ2v) is 8.85. The number of aryl methyl sites for hydroxylation is 1. The number of aliphatic hydroxyl groups is 1. The van der Waals surface area contributed by atoms with Gasteiger partial charge in [0.05, 0.1) is 5.60 Å². The highest BCUT2D eigenvalue weighted by molar-refractivity contribution is 5.81. The summed E-state index contributed by atoms with van der Waals surface area (Å²) < 4.78 is 13.2. The van der Waals surface area contributed by atoms with Crippen molar-refractivity contribution in [3.8, 4) is 0 Å². The molecule has 1 amide bonds. The summed E-state index contributed by atoms with van der Waals surface area (Å²) in [5.74, 6) is 0.778. The fourth-order valence-electron chi connectivity index (χ4n) is 5.12. The predicted octanol–water partition coefficient (Wildman–Crippen LogP) is 3.08. The number of amides is 1. The van der Waals surface area contributed by atoms with Crippen LogP contribution in [0.3, 0.4) is 0 Å². The summed E-state index contributed by atoms with van der Waals surface area (Å²) in [6.45, 7) is 5.57. The number of likely N-dealkylation sites (tertiary alicyclic amines) is 1. The van der Waals surface area contributed by atoms with Gasteiger partial charge in [0, 0.05) is 24.4 Å².